The summed E-state index contributed by atoms with van der Waals surface area (Å²) in [5.74, 6) is -1.20. The molecule has 1 N–H and O–H groups in total. The van der Waals surface area contributed by atoms with E-state index >= 15 is 0 Å². The highest BCUT2D eigenvalue weighted by atomic mass is 19.1. The monoisotopic (exact) mass is 275 g/mol. The number of hydrogen-bond acceptors (Lipinski definition) is 3. The van der Waals surface area contributed by atoms with E-state index in [4.69, 9.17) is 9.84 Å². The standard InChI is InChI=1S/C13H22FNO4/c1-13(2,3)19-12(18)15-7-6-9(10(14)8-15)4-5-11(16)17/h9-10H,4-8H2,1-3H3,(H,16,17). The number of rotatable bonds is 3. The Balaban J connectivity index is 2.44. The van der Waals surface area contributed by atoms with Gasteiger partial charge < -0.3 is 14.7 Å². The van der Waals surface area contributed by atoms with Crippen molar-refractivity contribution in [3.63, 3.8) is 0 Å². The topological polar surface area (TPSA) is 66.8 Å². The Kier molecular flexibility index (Phi) is 5.14. The van der Waals surface area contributed by atoms with Crippen LogP contribution in [0.5, 0.6) is 0 Å². The molecule has 0 aromatic carbocycles. The predicted octanol–water partition coefficient (Wildman–Crippen LogP) is 2.45. The summed E-state index contributed by atoms with van der Waals surface area (Å²) >= 11 is 0. The van der Waals surface area contributed by atoms with Crippen molar-refractivity contribution in [1.82, 2.24) is 4.90 Å². The zero-order valence-electron chi connectivity index (χ0n) is 11.7. The van der Waals surface area contributed by atoms with Crippen LogP contribution >= 0.6 is 0 Å². The summed E-state index contributed by atoms with van der Waals surface area (Å²) in [5, 5.41) is 8.59. The Morgan fingerprint density at radius 1 is 1.42 bits per heavy atom. The van der Waals surface area contributed by atoms with E-state index in [2.05, 4.69) is 0 Å². The van der Waals surface area contributed by atoms with Crippen molar-refractivity contribution in [2.45, 2.75) is 51.8 Å². The predicted molar refractivity (Wildman–Crippen MR) is 67.7 cm³/mol. The number of nitrogens with zero attached hydrogens (tertiary/aromatic N) is 1. The molecule has 1 heterocycles. The molecule has 2 unspecified atom stereocenters. The van der Waals surface area contributed by atoms with Gasteiger partial charge in [-0.2, -0.15) is 0 Å². The first-order valence-electron chi connectivity index (χ1n) is 6.53. The summed E-state index contributed by atoms with van der Waals surface area (Å²) in [6.07, 6.45) is -0.920. The number of hydrogen-bond donors (Lipinski definition) is 1. The number of aliphatic carboxylic acids is 1. The summed E-state index contributed by atoms with van der Waals surface area (Å²) in [7, 11) is 0. The molecule has 0 bridgehead atoms. The zero-order chi connectivity index (χ0) is 14.6. The van der Waals surface area contributed by atoms with E-state index in [1.807, 2.05) is 0 Å². The van der Waals surface area contributed by atoms with E-state index in [1.54, 1.807) is 20.8 Å². The van der Waals surface area contributed by atoms with Crippen molar-refractivity contribution in [3.05, 3.63) is 0 Å². The lowest BCUT2D eigenvalue weighted by Gasteiger charge is -2.35. The zero-order valence-corrected chi connectivity index (χ0v) is 11.7. The molecule has 5 nitrogen and oxygen atoms in total. The molecule has 2 atom stereocenters. The third kappa shape index (κ3) is 5.44. The first-order chi connectivity index (χ1) is 8.69. The van der Waals surface area contributed by atoms with E-state index in [1.165, 1.54) is 4.90 Å². The Morgan fingerprint density at radius 2 is 2.05 bits per heavy atom. The van der Waals surface area contributed by atoms with E-state index in [9.17, 15) is 14.0 Å². The third-order valence-electron chi connectivity index (χ3n) is 3.06. The van der Waals surface area contributed by atoms with Crippen LogP contribution in [0, 0.1) is 5.92 Å². The van der Waals surface area contributed by atoms with Gasteiger partial charge in [-0.3, -0.25) is 4.79 Å². The molecule has 1 saturated heterocycles. The maximum atomic E-state index is 13.9. The second-order valence-corrected chi connectivity index (χ2v) is 5.92. The van der Waals surface area contributed by atoms with Gasteiger partial charge in [0.25, 0.3) is 0 Å². The SMILES string of the molecule is CC(C)(C)OC(=O)N1CCC(CCC(=O)O)C(F)C1. The Bertz CT molecular complexity index is 340. The van der Waals surface area contributed by atoms with Crippen molar-refractivity contribution in [2.24, 2.45) is 5.92 Å². The summed E-state index contributed by atoms with van der Waals surface area (Å²) < 4.78 is 19.1. The van der Waals surface area contributed by atoms with E-state index < -0.39 is 23.8 Å². The minimum Gasteiger partial charge on any atom is -0.481 e. The van der Waals surface area contributed by atoms with Gasteiger partial charge in [-0.05, 0) is 39.5 Å². The fourth-order valence-electron chi connectivity index (χ4n) is 2.08. The van der Waals surface area contributed by atoms with Gasteiger partial charge in [0, 0.05) is 13.0 Å². The highest BCUT2D eigenvalue weighted by molar-refractivity contribution is 5.68. The second-order valence-electron chi connectivity index (χ2n) is 5.92. The van der Waals surface area contributed by atoms with Crippen LogP contribution in [0.3, 0.4) is 0 Å². The lowest BCUT2D eigenvalue weighted by Crippen LogP contribution is -2.46. The fraction of sp³-hybridized carbons (Fsp3) is 0.846. The van der Waals surface area contributed by atoms with Crippen LogP contribution in [0.25, 0.3) is 0 Å². The van der Waals surface area contributed by atoms with Gasteiger partial charge >= 0.3 is 12.1 Å². The molecule has 0 aromatic rings. The number of carbonyl (C=O) groups excluding carboxylic acids is 1. The largest absolute Gasteiger partial charge is 0.481 e. The molecule has 0 radical (unpaired) electrons. The number of piperidine rings is 1. The average molecular weight is 275 g/mol. The molecule has 1 rings (SSSR count). The van der Waals surface area contributed by atoms with E-state index in [0.717, 1.165) is 0 Å². The molecule has 1 aliphatic rings. The number of ether oxygens (including phenoxy) is 1. The number of amides is 1. The number of carboxylic acids is 1. The minimum atomic E-state index is -1.18. The molecule has 0 saturated carbocycles. The van der Waals surface area contributed by atoms with Crippen molar-refractivity contribution in [1.29, 1.82) is 0 Å². The first-order valence-corrected chi connectivity index (χ1v) is 6.53. The second kappa shape index (κ2) is 6.21. The summed E-state index contributed by atoms with van der Waals surface area (Å²) in [5.41, 5.74) is -0.594. The number of halogens is 1. The van der Waals surface area contributed by atoms with Gasteiger partial charge in [0.2, 0.25) is 0 Å². The lowest BCUT2D eigenvalue weighted by atomic mass is 9.91. The average Bonchev–Trinajstić information content (AvgIpc) is 2.24. The highest BCUT2D eigenvalue weighted by Crippen LogP contribution is 2.26. The molecule has 0 spiro atoms. The molecule has 1 aliphatic heterocycles. The number of carboxylic acid groups (broad SMARTS) is 1. The molecular weight excluding hydrogens is 253 g/mol. The quantitative estimate of drug-likeness (QED) is 0.859. The van der Waals surface area contributed by atoms with Crippen LogP contribution < -0.4 is 0 Å². The van der Waals surface area contributed by atoms with Gasteiger partial charge in [0.15, 0.2) is 0 Å². The molecule has 1 amide bonds. The van der Waals surface area contributed by atoms with Crippen LogP contribution in [0.2, 0.25) is 0 Å². The smallest absolute Gasteiger partial charge is 0.410 e. The highest BCUT2D eigenvalue weighted by Gasteiger charge is 2.33. The molecule has 110 valence electrons. The molecule has 0 aromatic heterocycles. The Hall–Kier alpha value is -1.33. The third-order valence-corrected chi connectivity index (χ3v) is 3.06. The van der Waals surface area contributed by atoms with Crippen molar-refractivity contribution in [3.8, 4) is 0 Å². The molecule has 0 aliphatic carbocycles. The first kappa shape index (κ1) is 15.7. The maximum absolute atomic E-state index is 13.9. The van der Waals surface area contributed by atoms with Gasteiger partial charge in [-0.25, -0.2) is 9.18 Å². The molecule has 6 heteroatoms. The fourth-order valence-corrected chi connectivity index (χ4v) is 2.08. The molecule has 1 fully saturated rings. The number of likely N-dealkylation sites (tertiary alicyclic amines) is 1. The van der Waals surface area contributed by atoms with Crippen LogP contribution in [-0.4, -0.2) is 46.9 Å². The molecular formula is C13H22FNO4. The maximum Gasteiger partial charge on any atom is 0.410 e. The Labute approximate surface area is 112 Å². The van der Waals surface area contributed by atoms with Gasteiger partial charge in [-0.15, -0.1) is 0 Å². The van der Waals surface area contributed by atoms with Gasteiger partial charge in [-0.1, -0.05) is 0 Å². The van der Waals surface area contributed by atoms with Crippen LogP contribution in [-0.2, 0) is 9.53 Å². The van der Waals surface area contributed by atoms with Crippen molar-refractivity contribution >= 4 is 12.1 Å². The van der Waals surface area contributed by atoms with Gasteiger partial charge in [0.05, 0.1) is 6.54 Å². The van der Waals surface area contributed by atoms with Gasteiger partial charge in [0.1, 0.15) is 11.8 Å². The van der Waals surface area contributed by atoms with Crippen molar-refractivity contribution < 1.29 is 23.8 Å². The van der Waals surface area contributed by atoms with E-state index in [-0.39, 0.29) is 18.9 Å². The van der Waals surface area contributed by atoms with E-state index in [0.29, 0.717) is 19.4 Å². The Morgan fingerprint density at radius 3 is 2.53 bits per heavy atom. The number of carbonyl (C=O) groups is 2. The van der Waals surface area contributed by atoms with Crippen molar-refractivity contribution in [2.75, 3.05) is 13.1 Å². The number of alkyl halides is 1. The van der Waals surface area contributed by atoms with Crippen LogP contribution in [0.1, 0.15) is 40.0 Å². The van der Waals surface area contributed by atoms with Crippen LogP contribution in [0.15, 0.2) is 0 Å². The normalized spacial score (nSPS) is 24.1. The summed E-state index contributed by atoms with van der Waals surface area (Å²) in [6.45, 7) is 5.69. The summed E-state index contributed by atoms with van der Waals surface area (Å²) in [4.78, 5) is 23.6. The summed E-state index contributed by atoms with van der Waals surface area (Å²) in [6, 6.07) is 0. The minimum absolute atomic E-state index is 0.0147. The van der Waals surface area contributed by atoms with Crippen LogP contribution in [0.4, 0.5) is 9.18 Å². The lowest BCUT2D eigenvalue weighted by molar-refractivity contribution is -0.137. The molecule has 19 heavy (non-hydrogen) atoms.